The molecule has 0 spiro atoms. The van der Waals surface area contributed by atoms with Gasteiger partial charge in [0, 0.05) is 0 Å². The van der Waals surface area contributed by atoms with Gasteiger partial charge in [0.15, 0.2) is 69.4 Å². The SMILES string of the molecule is CC(C)OC(=O)[C@@H](C)NP1(=O)OC[C@H]2O[C@@H](n3cnc4c3NC(N)=NC4Cl)[C@](C)(Cl)[C@@H]2O1.CC(C)OC(=O)[C@@H](C)N[P@@](=O)(OC[C@H]1O[C@@H](n2cnc3c(Cl)nc(N)nc32)[C@](C)(Cl)[C@@H]1O)Oc1ccccc1.CC(C)OC(=O)[C@@H](C)N[P@](=O)(OC[C@H]1O[C@@H](n2cnc3c(Cl)nc(N)nc32)[C@](C)(Cl)[C@@H]1O)Oc1ccccc1.CC(C)OC(=O)[C@@H](C)N[P@]1(=O)OC[C@H]2O[C@@H](n3cnc4c3NC(N)=NC4Cl)[C@](C)(Cl)[C@@H]2O1. The second kappa shape index (κ2) is 44.7. The minimum absolute atomic E-state index is 0.0427. The number of esters is 4. The maximum Gasteiger partial charge on any atom is 0.459 e. The first-order valence-electron chi connectivity index (χ1n) is 43.9. The molecule has 62 heteroatoms. The van der Waals surface area contributed by atoms with E-state index in [-0.39, 0.29) is 106 Å². The summed E-state index contributed by atoms with van der Waals surface area (Å²) in [6, 6.07) is 12.6. The number of hydrogen-bond acceptors (Lipinski definition) is 42. The molecule has 0 saturated carbocycles. The molecule has 16 rings (SSSR count). The third-order valence-electron chi connectivity index (χ3n) is 22.0. The van der Waals surface area contributed by atoms with Crippen LogP contribution in [0.3, 0.4) is 0 Å². The summed E-state index contributed by atoms with van der Waals surface area (Å²) in [4.78, 5) is 84.9. The van der Waals surface area contributed by atoms with E-state index >= 15 is 0 Å². The smallest absolute Gasteiger partial charge is 0.459 e. The monoisotopic (exact) mass is 2220 g/mol. The first kappa shape index (κ1) is 111. The fourth-order valence-electron chi connectivity index (χ4n) is 15.3. The molecular weight excluding hydrogens is 2120 g/mol. The number of nitrogen functional groups attached to an aromatic ring is 2. The van der Waals surface area contributed by atoms with Gasteiger partial charge in [-0.05, 0) is 135 Å². The van der Waals surface area contributed by atoms with Crippen LogP contribution in [-0.2, 0) is 102 Å². The second-order valence-corrected chi connectivity index (χ2v) is 46.7. The number of anilines is 4. The normalized spacial score (nSPS) is 30.8. The number of aliphatic hydroxyl groups is 2. The van der Waals surface area contributed by atoms with E-state index in [1.807, 2.05) is 0 Å². The van der Waals surface area contributed by atoms with E-state index in [4.69, 9.17) is 190 Å². The molecule has 0 radical (unpaired) electrons. The van der Waals surface area contributed by atoms with Crippen molar-refractivity contribution in [3.63, 3.8) is 0 Å². The van der Waals surface area contributed by atoms with Crippen LogP contribution in [0, 0.1) is 0 Å². The Balaban J connectivity index is 0.000000160. The molecule has 0 bridgehead atoms. The number of benzene rings is 2. The highest BCUT2D eigenvalue weighted by Crippen LogP contribution is 2.61. The molecule has 0 amide bonds. The summed E-state index contributed by atoms with van der Waals surface area (Å²) in [5.74, 6) is -0.947. The van der Waals surface area contributed by atoms with Crippen molar-refractivity contribution in [2.24, 2.45) is 21.5 Å². The molecule has 8 aliphatic rings. The average molecular weight is 2230 g/mol. The number of ether oxygens (including phenoxy) is 8. The minimum atomic E-state index is -4.21. The number of halogens is 8. The number of hydrogen-bond donors (Lipinski definition) is 12. The van der Waals surface area contributed by atoms with Gasteiger partial charge in [-0.2, -0.15) is 30.1 Å². The Labute approximate surface area is 852 Å². The maximum absolute atomic E-state index is 13.8. The molecule has 0 aliphatic carbocycles. The molecule has 6 saturated heterocycles. The van der Waals surface area contributed by atoms with Gasteiger partial charge in [-0.1, -0.05) is 82.8 Å². The lowest BCUT2D eigenvalue weighted by molar-refractivity contribution is -0.150. The Morgan fingerprint density at radius 3 is 1.13 bits per heavy atom. The molecule has 142 heavy (non-hydrogen) atoms. The third-order valence-corrected chi connectivity index (χ3v) is 31.4. The van der Waals surface area contributed by atoms with E-state index in [0.717, 1.165) is 0 Å². The Bertz CT molecular complexity index is 5800. The van der Waals surface area contributed by atoms with Gasteiger partial charge in [0.25, 0.3) is 0 Å². The van der Waals surface area contributed by atoms with Gasteiger partial charge in [-0.3, -0.25) is 64.6 Å². The quantitative estimate of drug-likeness (QED) is 0.00497. The Morgan fingerprint density at radius 2 is 0.803 bits per heavy atom. The van der Waals surface area contributed by atoms with E-state index in [1.54, 1.807) is 153 Å². The number of para-hydroxylation sites is 2. The van der Waals surface area contributed by atoms with E-state index < -0.39 is 196 Å². The van der Waals surface area contributed by atoms with Gasteiger partial charge >= 0.3 is 54.9 Å². The summed E-state index contributed by atoms with van der Waals surface area (Å²) in [6.45, 7) is 25.1. The average Bonchev–Trinajstić information content (AvgIpc) is 1.51. The van der Waals surface area contributed by atoms with E-state index in [1.165, 1.54) is 62.1 Å². The molecule has 8 aromatic rings. The molecule has 6 fully saturated rings. The fraction of sp³-hybridized carbons (Fsp3) is 0.575. The zero-order chi connectivity index (χ0) is 104. The number of nitrogens with zero attached hydrogens (tertiary/aromatic N) is 14. The highest BCUT2D eigenvalue weighted by atomic mass is 35.5. The van der Waals surface area contributed by atoms with Crippen molar-refractivity contribution in [1.82, 2.24) is 78.5 Å². The number of aliphatic imine (C=N–C) groups is 2. The molecule has 26 atom stereocenters. The molecule has 8 aliphatic heterocycles. The molecule has 6 aromatic heterocycles. The first-order valence-corrected chi connectivity index (χ1v) is 53.2. The zero-order valence-electron chi connectivity index (χ0n) is 78.7. The Morgan fingerprint density at radius 1 is 0.486 bits per heavy atom. The molecule has 3 unspecified atom stereocenters. The summed E-state index contributed by atoms with van der Waals surface area (Å²) in [5.41, 5.74) is 23.5. The summed E-state index contributed by atoms with van der Waals surface area (Å²) in [5, 5.41) is 38.4. The molecule has 50 nitrogen and oxygen atoms in total. The van der Waals surface area contributed by atoms with Crippen molar-refractivity contribution in [1.29, 1.82) is 0 Å². The summed E-state index contributed by atoms with van der Waals surface area (Å²) in [7, 11) is -16.2. The molecular formula is C80H108Cl8N24O26P4. The topological polar surface area (TPSA) is 649 Å². The van der Waals surface area contributed by atoms with Crippen LogP contribution in [0.1, 0.15) is 158 Å². The number of alkyl halides is 6. The summed E-state index contributed by atoms with van der Waals surface area (Å²) >= 11 is 52.0. The van der Waals surface area contributed by atoms with Crippen LogP contribution >= 0.6 is 124 Å². The van der Waals surface area contributed by atoms with Gasteiger partial charge in [-0.15, -0.1) is 46.4 Å². The van der Waals surface area contributed by atoms with Gasteiger partial charge in [-0.25, -0.2) is 58.4 Å². The number of imidazole rings is 4. The molecule has 14 heterocycles. The number of fused-ring (bicyclic) bond motifs is 6. The number of carbonyl (C=O) groups excluding carboxylic acids is 4. The standard InChI is InChI=1S/2C23H29Cl2N6O7P.2C17H25Cl2N6O6P/c2*1-12(2)36-20(33)13(3)30-39(34,38-14-8-6-5-7-9-14)35-10-15-17(32)23(4,25)21(37-15)31-11-27-16-18(24)28-22(26)29-19(16)31;2*1-7(2)29-14(26)8(3)24-32(27)28-5-9-11(31-32)17(4,19)15(30-9)25-6-21-10-12(18)22-16(20)23-13(10)25/h2*5-9,11-13,15,17,21,32H,10H2,1-4H3,(H,30,34)(H2,26,28,29);2*6-9,11-12,15H,5H2,1-4H3,(H,24,27)(H3,20,22,23)/t13-,15-,17-,21-,23-,39+;13-,15-,17-,21-,23-,39-;8-,9-,11-,12?,15-,17-,32?;8-,9-,11-,12?,15-,17-,32+/m1111/s1. The Hall–Kier alpha value is -7.82. The molecule has 16 N–H and O–H groups in total. The van der Waals surface area contributed by atoms with Crippen molar-refractivity contribution in [3.05, 3.63) is 108 Å². The van der Waals surface area contributed by atoms with E-state index in [0.29, 0.717) is 23.0 Å². The van der Waals surface area contributed by atoms with Crippen molar-refractivity contribution in [3.8, 4) is 11.5 Å². The zero-order valence-corrected chi connectivity index (χ0v) is 88.3. The first-order chi connectivity index (χ1) is 66.4. The number of nitrogens with two attached hydrogens (primary N) is 4. The van der Waals surface area contributed by atoms with Crippen molar-refractivity contribution in [2.75, 3.05) is 48.5 Å². The predicted octanol–water partition coefficient (Wildman–Crippen LogP) is 11.3. The van der Waals surface area contributed by atoms with Crippen molar-refractivity contribution >= 4 is 205 Å². The van der Waals surface area contributed by atoms with Crippen molar-refractivity contribution < 1.29 is 122 Å². The number of rotatable bonds is 30. The summed E-state index contributed by atoms with van der Waals surface area (Å²) in [6.07, 6.45) is -6.81. The maximum atomic E-state index is 13.8. The number of guanidine groups is 2. The largest absolute Gasteiger partial charge is 0.462 e. The van der Waals surface area contributed by atoms with Crippen LogP contribution in [0.15, 0.2) is 96.0 Å². The third kappa shape index (κ3) is 25.2. The van der Waals surface area contributed by atoms with Crippen LogP contribution < -0.4 is 63.0 Å². The molecule has 2 aromatic carbocycles. The van der Waals surface area contributed by atoms with Gasteiger partial charge in [0.2, 0.25) is 11.9 Å². The van der Waals surface area contributed by atoms with Crippen LogP contribution in [0.5, 0.6) is 11.5 Å². The van der Waals surface area contributed by atoms with E-state index in [2.05, 4.69) is 80.8 Å². The number of aromatic nitrogens is 12. The van der Waals surface area contributed by atoms with Crippen LogP contribution in [0.4, 0.5) is 23.5 Å². The number of nitrogens with one attached hydrogen (secondary N) is 6. The second-order valence-electron chi connectivity index (χ2n) is 35.1. The Kier molecular flexibility index (Phi) is 35.1. The fourth-order valence-corrected chi connectivity index (χ4v) is 24.3. The minimum Gasteiger partial charge on any atom is -0.462 e. The lowest BCUT2D eigenvalue weighted by atomic mass is 10.0. The highest BCUT2D eigenvalue weighted by Gasteiger charge is 2.63. The van der Waals surface area contributed by atoms with Crippen LogP contribution in [0.25, 0.3) is 22.3 Å². The number of carbonyl (C=O) groups is 4. The number of aliphatic hydroxyl groups excluding tert-OH is 2. The lowest BCUT2D eigenvalue weighted by Crippen LogP contribution is -2.47. The summed E-state index contributed by atoms with van der Waals surface area (Å²) < 4.78 is 150. The van der Waals surface area contributed by atoms with Crippen molar-refractivity contribution in [2.45, 2.75) is 264 Å². The van der Waals surface area contributed by atoms with Crippen LogP contribution in [0.2, 0.25) is 10.3 Å². The lowest BCUT2D eigenvalue weighted by Gasteiger charge is -2.36. The van der Waals surface area contributed by atoms with Crippen LogP contribution in [-0.4, -0.2) is 247 Å². The predicted molar refractivity (Wildman–Crippen MR) is 520 cm³/mol. The van der Waals surface area contributed by atoms with Gasteiger partial charge in [0.1, 0.15) is 138 Å². The molecule has 780 valence electrons. The van der Waals surface area contributed by atoms with Gasteiger partial charge < -0.3 is 90.7 Å². The van der Waals surface area contributed by atoms with Gasteiger partial charge in [0.05, 0.1) is 76.2 Å². The van der Waals surface area contributed by atoms with E-state index in [9.17, 15) is 47.7 Å². The highest BCUT2D eigenvalue weighted by molar-refractivity contribution is 7.53.